The lowest BCUT2D eigenvalue weighted by molar-refractivity contribution is 0.304. The molecule has 1 aromatic rings. The minimum absolute atomic E-state index is 0.820. The van der Waals surface area contributed by atoms with E-state index in [0.29, 0.717) is 0 Å². The Bertz CT molecular complexity index is 206. The van der Waals surface area contributed by atoms with Gasteiger partial charge in [-0.2, -0.15) is 0 Å². The largest absolute Gasteiger partial charge is 0.493 e. The van der Waals surface area contributed by atoms with Crippen molar-refractivity contribution in [3.63, 3.8) is 0 Å². The fourth-order valence-corrected chi connectivity index (χ4v) is 1.18. The zero-order valence-corrected chi connectivity index (χ0v) is 8.25. The third-order valence-electron chi connectivity index (χ3n) is 1.94. The van der Waals surface area contributed by atoms with Crippen LogP contribution in [0.25, 0.3) is 0 Å². The molecular formula is C12H17O. The number of rotatable bonds is 6. The molecule has 71 valence electrons. The van der Waals surface area contributed by atoms with Gasteiger partial charge in [0.25, 0.3) is 0 Å². The van der Waals surface area contributed by atoms with Gasteiger partial charge in [0.1, 0.15) is 5.75 Å². The highest BCUT2D eigenvalue weighted by Gasteiger charge is 1.91. The van der Waals surface area contributed by atoms with E-state index in [1.165, 1.54) is 19.3 Å². The van der Waals surface area contributed by atoms with Gasteiger partial charge in [0.05, 0.1) is 6.61 Å². The van der Waals surface area contributed by atoms with E-state index in [4.69, 9.17) is 4.74 Å². The summed E-state index contributed by atoms with van der Waals surface area (Å²) in [5.74, 6) is 0.860. The summed E-state index contributed by atoms with van der Waals surface area (Å²) in [4.78, 5) is 0. The maximum atomic E-state index is 5.50. The molecule has 1 nitrogen and oxygen atoms in total. The highest BCUT2D eigenvalue weighted by Crippen LogP contribution is 2.08. The second-order valence-electron chi connectivity index (χ2n) is 3.14. The van der Waals surface area contributed by atoms with Crippen molar-refractivity contribution < 1.29 is 4.74 Å². The standard InChI is InChI=1S/C12H17O/c1-2-3-4-8-11-13-12-9-6-5-7-10-12/h5-7,9H,2-4,8,11H2,1H3. The maximum absolute atomic E-state index is 5.50. The summed E-state index contributed by atoms with van der Waals surface area (Å²) in [7, 11) is 0. The first-order chi connectivity index (χ1) is 6.43. The van der Waals surface area contributed by atoms with Crippen molar-refractivity contribution in [2.75, 3.05) is 6.61 Å². The van der Waals surface area contributed by atoms with Gasteiger partial charge >= 0.3 is 0 Å². The molecule has 0 N–H and O–H groups in total. The van der Waals surface area contributed by atoms with Crippen molar-refractivity contribution in [3.8, 4) is 5.75 Å². The molecule has 1 heteroatoms. The molecule has 0 unspecified atom stereocenters. The van der Waals surface area contributed by atoms with Crippen LogP contribution >= 0.6 is 0 Å². The quantitative estimate of drug-likeness (QED) is 0.605. The summed E-state index contributed by atoms with van der Waals surface area (Å²) in [6, 6.07) is 10.8. The molecule has 0 aliphatic carbocycles. The normalized spacial score (nSPS) is 9.92. The van der Waals surface area contributed by atoms with Crippen LogP contribution in [0.15, 0.2) is 24.3 Å². The van der Waals surface area contributed by atoms with E-state index in [2.05, 4.69) is 13.0 Å². The molecule has 0 amide bonds. The lowest BCUT2D eigenvalue weighted by Crippen LogP contribution is -1.96. The van der Waals surface area contributed by atoms with Gasteiger partial charge in [-0.25, -0.2) is 0 Å². The first kappa shape index (κ1) is 10.1. The zero-order chi connectivity index (χ0) is 9.36. The van der Waals surface area contributed by atoms with Crippen LogP contribution in [-0.2, 0) is 0 Å². The van der Waals surface area contributed by atoms with Gasteiger partial charge in [-0.1, -0.05) is 44.4 Å². The minimum Gasteiger partial charge on any atom is -0.493 e. The van der Waals surface area contributed by atoms with Crippen molar-refractivity contribution in [1.29, 1.82) is 0 Å². The van der Waals surface area contributed by atoms with E-state index in [0.717, 1.165) is 18.8 Å². The highest BCUT2D eigenvalue weighted by atomic mass is 16.5. The SMILES string of the molecule is CCCCCCOc1[c]cccc1. The summed E-state index contributed by atoms with van der Waals surface area (Å²) in [6.07, 6.45) is 5.00. The maximum Gasteiger partial charge on any atom is 0.127 e. The molecule has 0 heterocycles. The highest BCUT2D eigenvalue weighted by molar-refractivity contribution is 5.19. The predicted molar refractivity (Wildman–Crippen MR) is 54.9 cm³/mol. The number of unbranched alkanes of at least 4 members (excludes halogenated alkanes) is 3. The van der Waals surface area contributed by atoms with Crippen molar-refractivity contribution in [2.45, 2.75) is 32.6 Å². The first-order valence-corrected chi connectivity index (χ1v) is 5.03. The molecule has 0 saturated heterocycles. The summed E-state index contributed by atoms with van der Waals surface area (Å²) in [5, 5.41) is 0. The van der Waals surface area contributed by atoms with Crippen LogP contribution in [0.1, 0.15) is 32.6 Å². The zero-order valence-electron chi connectivity index (χ0n) is 8.25. The fourth-order valence-electron chi connectivity index (χ4n) is 1.18. The Kier molecular flexibility index (Phi) is 5.07. The number of para-hydroxylation sites is 1. The van der Waals surface area contributed by atoms with E-state index in [1.807, 2.05) is 24.3 Å². The summed E-state index contributed by atoms with van der Waals surface area (Å²) < 4.78 is 5.50. The summed E-state index contributed by atoms with van der Waals surface area (Å²) in [5.41, 5.74) is 0. The van der Waals surface area contributed by atoms with Crippen LogP contribution in [0.2, 0.25) is 0 Å². The van der Waals surface area contributed by atoms with Crippen molar-refractivity contribution in [2.24, 2.45) is 0 Å². The van der Waals surface area contributed by atoms with Gasteiger partial charge in [0.2, 0.25) is 0 Å². The van der Waals surface area contributed by atoms with E-state index in [-0.39, 0.29) is 0 Å². The van der Waals surface area contributed by atoms with E-state index >= 15 is 0 Å². The van der Waals surface area contributed by atoms with Crippen molar-refractivity contribution in [1.82, 2.24) is 0 Å². The molecule has 0 spiro atoms. The van der Waals surface area contributed by atoms with E-state index in [9.17, 15) is 0 Å². The Balaban J connectivity index is 2.07. The lowest BCUT2D eigenvalue weighted by atomic mass is 10.2. The Labute approximate surface area is 80.7 Å². The second kappa shape index (κ2) is 6.53. The Morgan fingerprint density at radius 3 is 2.85 bits per heavy atom. The number of hydrogen-bond donors (Lipinski definition) is 0. The molecule has 13 heavy (non-hydrogen) atoms. The topological polar surface area (TPSA) is 9.23 Å². The Morgan fingerprint density at radius 2 is 2.15 bits per heavy atom. The van der Waals surface area contributed by atoms with Crippen molar-refractivity contribution in [3.05, 3.63) is 30.3 Å². The third kappa shape index (κ3) is 4.56. The van der Waals surface area contributed by atoms with E-state index < -0.39 is 0 Å². The van der Waals surface area contributed by atoms with Gasteiger partial charge in [-0.3, -0.25) is 0 Å². The van der Waals surface area contributed by atoms with Crippen LogP contribution in [0, 0.1) is 6.07 Å². The smallest absolute Gasteiger partial charge is 0.127 e. The number of hydrogen-bond acceptors (Lipinski definition) is 1. The average Bonchev–Trinajstić information content (AvgIpc) is 2.19. The number of benzene rings is 1. The molecule has 0 aliphatic rings. The van der Waals surface area contributed by atoms with Gasteiger partial charge in [-0.05, 0) is 12.5 Å². The molecule has 1 radical (unpaired) electrons. The molecule has 0 fully saturated rings. The van der Waals surface area contributed by atoms with Crippen LogP contribution in [0.4, 0.5) is 0 Å². The number of ether oxygens (including phenoxy) is 1. The second-order valence-corrected chi connectivity index (χ2v) is 3.14. The van der Waals surface area contributed by atoms with Crippen LogP contribution in [0.5, 0.6) is 5.75 Å². The van der Waals surface area contributed by atoms with Gasteiger partial charge in [0.15, 0.2) is 0 Å². The van der Waals surface area contributed by atoms with Gasteiger partial charge in [-0.15, -0.1) is 0 Å². The summed E-state index contributed by atoms with van der Waals surface area (Å²) >= 11 is 0. The lowest BCUT2D eigenvalue weighted by Gasteiger charge is -2.04. The average molecular weight is 177 g/mol. The molecule has 0 bridgehead atoms. The Hall–Kier alpha value is -0.980. The van der Waals surface area contributed by atoms with E-state index in [1.54, 1.807) is 0 Å². The molecule has 1 rings (SSSR count). The van der Waals surface area contributed by atoms with Crippen molar-refractivity contribution >= 4 is 0 Å². The molecular weight excluding hydrogens is 160 g/mol. The molecule has 0 atom stereocenters. The third-order valence-corrected chi connectivity index (χ3v) is 1.94. The van der Waals surface area contributed by atoms with Gasteiger partial charge < -0.3 is 4.74 Å². The first-order valence-electron chi connectivity index (χ1n) is 5.03. The van der Waals surface area contributed by atoms with Gasteiger partial charge in [0, 0.05) is 6.07 Å². The van der Waals surface area contributed by atoms with Crippen LogP contribution < -0.4 is 4.74 Å². The molecule has 0 aromatic heterocycles. The molecule has 1 aromatic carbocycles. The molecule has 0 aliphatic heterocycles. The van der Waals surface area contributed by atoms with Crippen LogP contribution in [0.3, 0.4) is 0 Å². The Morgan fingerprint density at radius 1 is 1.23 bits per heavy atom. The predicted octanol–water partition coefficient (Wildman–Crippen LogP) is 3.45. The monoisotopic (exact) mass is 177 g/mol. The fraction of sp³-hybridized carbons (Fsp3) is 0.500. The molecule has 0 saturated carbocycles. The summed E-state index contributed by atoms with van der Waals surface area (Å²) in [6.45, 7) is 3.03. The minimum atomic E-state index is 0.820. The van der Waals surface area contributed by atoms with Crippen LogP contribution in [-0.4, -0.2) is 6.61 Å².